The van der Waals surface area contributed by atoms with E-state index in [0.717, 1.165) is 21.9 Å². The van der Waals surface area contributed by atoms with Crippen molar-refractivity contribution in [3.63, 3.8) is 0 Å². The second-order valence-corrected chi connectivity index (χ2v) is 25.9. The standard InChI is InChI=1S/C64H90ClF4N11O11/c1-14-36(4)51-61(90)76(11)40(8)57(86)80-31-27-48(80)59(88)77(12)49(34-42-19-23-43(66)24-20-42)60(89)75(10)39(7)53(82)71-46(26-22-41-21-25-44(45(65)33-41)64(67,68)69)58(87)79-30-17-18-47(79)55(84)73-63(28-15-16-29-63)62(91)78(13)52(35(2)3)56(85)70-37(5)32-50(81)74(9)38(6)54(83)72-51/h19-21,23-25,33,35-40,46-49,51-52H,14-18,22,26-32,34H2,1-13H3,(H,70,85)(H,71,82)(H,72,83)(H,73,84)/t36-,37+,38-,39+,40-,46-,47-,48-,49-,51-,52-/m0/s1. The number of hydrogen-bond acceptors (Lipinski definition) is 11. The number of alkyl halides is 3. The zero-order chi connectivity index (χ0) is 67.9. The van der Waals surface area contributed by atoms with Gasteiger partial charge < -0.3 is 55.6 Å². The van der Waals surface area contributed by atoms with Crippen LogP contribution in [0.2, 0.25) is 5.02 Å². The van der Waals surface area contributed by atoms with Crippen LogP contribution in [0.5, 0.6) is 0 Å². The highest BCUT2D eigenvalue weighted by Gasteiger charge is 2.50. The van der Waals surface area contributed by atoms with E-state index in [1.807, 2.05) is 6.92 Å². The van der Waals surface area contributed by atoms with Crippen LogP contribution in [-0.4, -0.2) is 214 Å². The molecular formula is C64H90ClF4N11O11. The van der Waals surface area contributed by atoms with Gasteiger partial charge in [0.15, 0.2) is 0 Å². The summed E-state index contributed by atoms with van der Waals surface area (Å²) in [5.41, 5.74) is -1.92. The maximum atomic E-state index is 15.1. The summed E-state index contributed by atoms with van der Waals surface area (Å²) in [7, 11) is 6.90. The number of likely N-dealkylation sites (N-methyl/N-ethyl adjacent to an activating group) is 5. The summed E-state index contributed by atoms with van der Waals surface area (Å²) in [6.45, 7) is 13.0. The maximum absolute atomic E-state index is 15.1. The lowest BCUT2D eigenvalue weighted by molar-refractivity contribution is -0.160. The molecule has 502 valence electrons. The molecular weight excluding hydrogens is 1210 g/mol. The minimum Gasteiger partial charge on any atom is -0.351 e. The third-order valence-electron chi connectivity index (χ3n) is 19.0. The lowest BCUT2D eigenvalue weighted by Crippen LogP contribution is -2.65. The van der Waals surface area contributed by atoms with Gasteiger partial charge in [-0.25, -0.2) is 4.39 Å². The highest BCUT2D eigenvalue weighted by molar-refractivity contribution is 6.31. The molecule has 3 heterocycles. The summed E-state index contributed by atoms with van der Waals surface area (Å²) in [5, 5.41) is 10.8. The fourth-order valence-electron chi connectivity index (χ4n) is 12.5. The quantitative estimate of drug-likeness (QED) is 0.268. The molecule has 1 spiro atoms. The number of fused-ring (bicyclic) bond motifs is 2. The number of hydrogen-bond donors (Lipinski definition) is 4. The van der Waals surface area contributed by atoms with E-state index in [9.17, 15) is 65.5 Å². The molecule has 11 amide bonds. The van der Waals surface area contributed by atoms with Crippen LogP contribution in [0.1, 0.15) is 136 Å². The van der Waals surface area contributed by atoms with Gasteiger partial charge in [0.2, 0.25) is 65.0 Å². The van der Waals surface area contributed by atoms with E-state index < -0.39 is 165 Å². The molecule has 4 aliphatic rings. The number of halogens is 5. The third-order valence-corrected chi connectivity index (χ3v) is 19.3. The van der Waals surface area contributed by atoms with E-state index in [1.165, 1.54) is 111 Å². The summed E-state index contributed by atoms with van der Waals surface area (Å²) < 4.78 is 55.7. The monoisotopic (exact) mass is 1300 g/mol. The molecule has 27 heteroatoms. The van der Waals surface area contributed by atoms with Gasteiger partial charge >= 0.3 is 6.18 Å². The van der Waals surface area contributed by atoms with E-state index >= 15 is 4.79 Å². The Morgan fingerprint density at radius 3 is 1.77 bits per heavy atom. The first kappa shape index (κ1) is 72.7. The Kier molecular flexibility index (Phi) is 24.3. The van der Waals surface area contributed by atoms with Gasteiger partial charge in [-0.2, -0.15) is 13.2 Å². The lowest BCUT2D eigenvalue weighted by atomic mass is 9.92. The van der Waals surface area contributed by atoms with Crippen LogP contribution in [0.3, 0.4) is 0 Å². The largest absolute Gasteiger partial charge is 0.417 e. The Labute approximate surface area is 535 Å². The zero-order valence-corrected chi connectivity index (χ0v) is 55.1. The van der Waals surface area contributed by atoms with Crippen molar-refractivity contribution in [3.8, 4) is 0 Å². The molecule has 2 aromatic rings. The van der Waals surface area contributed by atoms with Crippen molar-refractivity contribution in [2.75, 3.05) is 48.3 Å². The average Bonchev–Trinajstić information content (AvgIpc) is 1.77. The van der Waals surface area contributed by atoms with Gasteiger partial charge in [0, 0.05) is 67.2 Å². The van der Waals surface area contributed by atoms with Crippen LogP contribution in [0, 0.1) is 17.7 Å². The number of benzene rings is 2. The summed E-state index contributed by atoms with van der Waals surface area (Å²) in [4.78, 5) is 169. The molecule has 3 aliphatic heterocycles. The van der Waals surface area contributed by atoms with Gasteiger partial charge in [0.25, 0.3) is 0 Å². The Balaban J connectivity index is 1.39. The van der Waals surface area contributed by atoms with E-state index in [1.54, 1.807) is 27.7 Å². The van der Waals surface area contributed by atoms with Crippen LogP contribution in [0.25, 0.3) is 0 Å². The molecule has 6 rings (SSSR count). The Morgan fingerprint density at radius 2 is 1.20 bits per heavy atom. The summed E-state index contributed by atoms with van der Waals surface area (Å²) in [6.07, 6.45) is -3.16. The molecule has 1 aliphatic carbocycles. The fourth-order valence-corrected chi connectivity index (χ4v) is 12.8. The number of rotatable bonds is 8. The van der Waals surface area contributed by atoms with Gasteiger partial charge in [-0.15, -0.1) is 0 Å². The van der Waals surface area contributed by atoms with Crippen LogP contribution in [-0.2, 0) is 71.8 Å². The topological polar surface area (TPSA) is 259 Å². The van der Waals surface area contributed by atoms with E-state index in [0.29, 0.717) is 31.2 Å². The number of nitrogens with zero attached hydrogens (tertiary/aromatic N) is 7. The van der Waals surface area contributed by atoms with Crippen LogP contribution < -0.4 is 21.3 Å². The van der Waals surface area contributed by atoms with Crippen molar-refractivity contribution in [2.24, 2.45) is 11.8 Å². The SMILES string of the molecule is CC[C@H](C)[C@@H]1NC(=O)[C@H](C)N(C)C(=O)C[C@@H](C)NC(=O)[C@H](C(C)C)N(C)C(=O)C2(CCCC2)NC(=O)[C@@H]2CCCN2C(=O)[C@H](CCc2ccc(C(F)(F)F)c(Cl)c2)NC(=O)[C@@H](C)N(C)C(=O)[C@H](Cc2ccc(F)cc2)N(C)C(=O)[C@@H]2CCN2C(=O)[C@H](C)N(C)C1=O. The van der Waals surface area contributed by atoms with Crippen LogP contribution in [0.4, 0.5) is 17.6 Å². The molecule has 11 atom stereocenters. The minimum atomic E-state index is -4.77. The molecule has 3 saturated heterocycles. The van der Waals surface area contributed by atoms with Gasteiger partial charge in [0.05, 0.1) is 10.6 Å². The Hall–Kier alpha value is -7.38. The smallest absolute Gasteiger partial charge is 0.351 e. The van der Waals surface area contributed by atoms with Gasteiger partial charge in [-0.3, -0.25) is 52.7 Å². The molecule has 0 aromatic heterocycles. The van der Waals surface area contributed by atoms with Crippen molar-refractivity contribution in [1.29, 1.82) is 0 Å². The Morgan fingerprint density at radius 1 is 0.615 bits per heavy atom. The molecule has 0 bridgehead atoms. The normalized spacial score (nSPS) is 27.8. The first-order chi connectivity index (χ1) is 42.6. The van der Waals surface area contributed by atoms with Crippen molar-refractivity contribution in [2.45, 2.75) is 205 Å². The first-order valence-electron chi connectivity index (χ1n) is 31.3. The number of carbonyl (C=O) groups excluding carboxylic acids is 11. The summed E-state index contributed by atoms with van der Waals surface area (Å²) in [5.74, 6) is -8.95. The molecule has 0 radical (unpaired) electrons. The number of aryl methyl sites for hydroxylation is 1. The molecule has 91 heavy (non-hydrogen) atoms. The third kappa shape index (κ3) is 16.6. The molecule has 22 nitrogen and oxygen atoms in total. The highest BCUT2D eigenvalue weighted by atomic mass is 35.5. The second-order valence-electron chi connectivity index (χ2n) is 25.5. The summed E-state index contributed by atoms with van der Waals surface area (Å²) >= 11 is 6.11. The molecule has 4 fully saturated rings. The van der Waals surface area contributed by atoms with E-state index in [2.05, 4.69) is 21.3 Å². The summed E-state index contributed by atoms with van der Waals surface area (Å²) in [6, 6.07) is -3.75. The van der Waals surface area contributed by atoms with Crippen molar-refractivity contribution in [1.82, 2.24) is 55.6 Å². The van der Waals surface area contributed by atoms with Crippen molar-refractivity contribution >= 4 is 76.6 Å². The molecule has 0 unspecified atom stereocenters. The fraction of sp³-hybridized carbons (Fsp3) is 0.641. The molecule has 4 N–H and O–H groups in total. The first-order valence-corrected chi connectivity index (χ1v) is 31.7. The van der Waals surface area contributed by atoms with Gasteiger partial charge in [-0.05, 0) is 120 Å². The second kappa shape index (κ2) is 30.4. The van der Waals surface area contributed by atoms with Gasteiger partial charge in [-0.1, -0.05) is 76.8 Å². The molecule has 2 aromatic carbocycles. The molecule has 1 saturated carbocycles. The number of nitrogens with one attached hydrogen (secondary N) is 4. The van der Waals surface area contributed by atoms with Crippen LogP contribution >= 0.6 is 11.6 Å². The minimum absolute atomic E-state index is 0.0181. The Bertz CT molecular complexity index is 3060. The van der Waals surface area contributed by atoms with Gasteiger partial charge in [0.1, 0.15) is 65.7 Å². The number of carbonyl (C=O) groups is 11. The van der Waals surface area contributed by atoms with Crippen molar-refractivity contribution < 1.29 is 70.3 Å². The predicted octanol–water partition coefficient (Wildman–Crippen LogP) is 4.47. The lowest BCUT2D eigenvalue weighted by Gasteiger charge is -2.45. The van der Waals surface area contributed by atoms with E-state index in [4.69, 9.17) is 11.6 Å². The number of amides is 11. The average molecular weight is 1300 g/mol. The maximum Gasteiger partial charge on any atom is 0.417 e. The highest BCUT2D eigenvalue weighted by Crippen LogP contribution is 2.37. The van der Waals surface area contributed by atoms with Crippen LogP contribution in [0.15, 0.2) is 42.5 Å². The zero-order valence-electron chi connectivity index (χ0n) is 54.4. The van der Waals surface area contributed by atoms with Crippen molar-refractivity contribution in [3.05, 3.63) is 70.0 Å². The van der Waals surface area contributed by atoms with E-state index in [-0.39, 0.29) is 70.0 Å². The predicted molar refractivity (Wildman–Crippen MR) is 329 cm³/mol.